The van der Waals surface area contributed by atoms with Crippen LogP contribution >= 0.6 is 22.6 Å². The molecule has 0 spiro atoms. The van der Waals surface area contributed by atoms with Gasteiger partial charge in [-0.2, -0.15) is 0 Å². The van der Waals surface area contributed by atoms with Gasteiger partial charge in [0.1, 0.15) is 12.7 Å². The van der Waals surface area contributed by atoms with Crippen molar-refractivity contribution in [3.05, 3.63) is 30.6 Å². The molecule has 0 bridgehead atoms. The maximum absolute atomic E-state index is 12.5. The topological polar surface area (TPSA) is 169 Å². The average molecular weight is 568 g/mol. The van der Waals surface area contributed by atoms with E-state index >= 15 is 0 Å². The highest BCUT2D eigenvalue weighted by Gasteiger charge is 2.53. The van der Waals surface area contributed by atoms with Crippen molar-refractivity contribution in [2.75, 3.05) is 6.61 Å². The van der Waals surface area contributed by atoms with E-state index < -0.39 is 72.4 Å². The van der Waals surface area contributed by atoms with Gasteiger partial charge in [-0.05, 0) is 22.6 Å². The first-order chi connectivity index (χ1) is 14.9. The van der Waals surface area contributed by atoms with Gasteiger partial charge in [0.15, 0.2) is 24.5 Å². The molecule has 2 heterocycles. The number of hydrogen-bond donors (Lipinski definition) is 1. The molecular formula is C18H21IN2O11. The lowest BCUT2D eigenvalue weighted by Gasteiger charge is -2.44. The van der Waals surface area contributed by atoms with Crippen molar-refractivity contribution < 1.29 is 42.9 Å². The van der Waals surface area contributed by atoms with Gasteiger partial charge < -0.3 is 23.7 Å². The van der Waals surface area contributed by atoms with E-state index in [0.717, 1.165) is 38.5 Å². The van der Waals surface area contributed by atoms with E-state index in [4.69, 9.17) is 23.7 Å². The normalized spacial score (nSPS) is 24.8. The van der Waals surface area contributed by atoms with Gasteiger partial charge in [0.25, 0.3) is 5.56 Å². The maximum Gasteiger partial charge on any atom is 0.330 e. The first kappa shape index (κ1) is 25.5. The van der Waals surface area contributed by atoms with Gasteiger partial charge in [0.2, 0.25) is 0 Å². The van der Waals surface area contributed by atoms with Crippen LogP contribution in [0, 0.1) is 3.57 Å². The highest BCUT2D eigenvalue weighted by molar-refractivity contribution is 14.1. The minimum absolute atomic E-state index is 0.107. The molecule has 1 aliphatic rings. The fraction of sp³-hybridized carbons (Fsp3) is 0.556. The van der Waals surface area contributed by atoms with Crippen molar-refractivity contribution in [2.24, 2.45) is 0 Å². The lowest BCUT2D eigenvalue weighted by molar-refractivity contribution is -0.269. The zero-order valence-corrected chi connectivity index (χ0v) is 19.6. The number of aromatic nitrogens is 2. The third-order valence-electron chi connectivity index (χ3n) is 4.16. The van der Waals surface area contributed by atoms with Crippen LogP contribution in [0.1, 0.15) is 33.9 Å². The van der Waals surface area contributed by atoms with Crippen LogP contribution in [-0.2, 0) is 42.9 Å². The summed E-state index contributed by atoms with van der Waals surface area (Å²) in [7, 11) is 0. The van der Waals surface area contributed by atoms with Crippen LogP contribution in [0.5, 0.6) is 0 Å². The zero-order valence-electron chi connectivity index (χ0n) is 17.5. The van der Waals surface area contributed by atoms with Crippen molar-refractivity contribution in [2.45, 2.75) is 58.3 Å². The molecule has 0 radical (unpaired) electrons. The Morgan fingerprint density at radius 3 is 2.00 bits per heavy atom. The first-order valence-corrected chi connectivity index (χ1v) is 10.3. The lowest BCUT2D eigenvalue weighted by atomic mass is 9.97. The van der Waals surface area contributed by atoms with Crippen molar-refractivity contribution in [3.63, 3.8) is 0 Å². The number of nitrogens with one attached hydrogen (secondary N) is 1. The van der Waals surface area contributed by atoms with Crippen LogP contribution in [0.15, 0.2) is 15.8 Å². The number of halogens is 1. The Morgan fingerprint density at radius 1 is 0.938 bits per heavy atom. The molecule has 176 valence electrons. The van der Waals surface area contributed by atoms with Crippen LogP contribution in [0.25, 0.3) is 0 Å². The summed E-state index contributed by atoms with van der Waals surface area (Å²) >= 11 is 1.68. The summed E-state index contributed by atoms with van der Waals surface area (Å²) in [5.74, 6) is -3.07. The quantitative estimate of drug-likeness (QED) is 0.264. The maximum atomic E-state index is 12.5. The van der Waals surface area contributed by atoms with Crippen LogP contribution < -0.4 is 11.2 Å². The van der Waals surface area contributed by atoms with Gasteiger partial charge in [-0.1, -0.05) is 0 Å². The van der Waals surface area contributed by atoms with Gasteiger partial charge in [-0.25, -0.2) is 4.79 Å². The fourth-order valence-corrected chi connectivity index (χ4v) is 3.51. The molecule has 0 aliphatic carbocycles. The molecule has 0 amide bonds. The summed E-state index contributed by atoms with van der Waals surface area (Å²) in [6, 6.07) is 0. The van der Waals surface area contributed by atoms with Crippen LogP contribution in [0.3, 0.4) is 0 Å². The number of rotatable bonds is 6. The Kier molecular flexibility index (Phi) is 8.54. The van der Waals surface area contributed by atoms with E-state index in [1.807, 2.05) is 0 Å². The minimum atomic E-state index is -1.46. The molecule has 32 heavy (non-hydrogen) atoms. The predicted octanol–water partition coefficient (Wildman–Crippen LogP) is -0.603. The van der Waals surface area contributed by atoms with E-state index in [9.17, 15) is 28.8 Å². The summed E-state index contributed by atoms with van der Waals surface area (Å²) in [6.45, 7) is 3.95. The molecule has 2 rings (SSSR count). The number of hydrogen-bond acceptors (Lipinski definition) is 11. The number of H-pyrrole nitrogens is 1. The molecule has 0 unspecified atom stereocenters. The number of carbonyl (C=O) groups excluding carboxylic acids is 4. The summed E-state index contributed by atoms with van der Waals surface area (Å²) in [4.78, 5) is 73.0. The molecule has 1 aromatic rings. The summed E-state index contributed by atoms with van der Waals surface area (Å²) in [5, 5.41) is 0. The van der Waals surface area contributed by atoms with Gasteiger partial charge in [0.05, 0.1) is 3.57 Å². The second-order valence-corrected chi connectivity index (χ2v) is 7.90. The standard InChI is InChI=1S/C18H21IN2O11/c1-7(22)28-6-12-13(29-8(2)23)14(30-9(3)24)15(31-10(4)25)17(32-12)21-5-11(19)16(26)20-18(21)27/h5,12-15,17H,6H2,1-4H3,(H,20,26,27)/t12-,13+,14-,15-,17+/m0/s1. The summed E-state index contributed by atoms with van der Waals surface area (Å²) < 4.78 is 27.7. The number of nitrogens with zero attached hydrogens (tertiary/aromatic N) is 1. The molecule has 0 saturated carbocycles. The van der Waals surface area contributed by atoms with Crippen molar-refractivity contribution >= 4 is 46.5 Å². The first-order valence-electron chi connectivity index (χ1n) is 9.22. The van der Waals surface area contributed by atoms with Gasteiger partial charge in [-0.3, -0.25) is 33.5 Å². The Hall–Kier alpha value is -2.75. The second-order valence-electron chi connectivity index (χ2n) is 6.73. The highest BCUT2D eigenvalue weighted by atomic mass is 127. The Balaban J connectivity index is 2.65. The van der Waals surface area contributed by atoms with E-state index in [1.165, 1.54) is 0 Å². The highest BCUT2D eigenvalue weighted by Crippen LogP contribution is 2.34. The lowest BCUT2D eigenvalue weighted by Crippen LogP contribution is -2.61. The van der Waals surface area contributed by atoms with Crippen LogP contribution in [0.2, 0.25) is 0 Å². The Morgan fingerprint density at radius 2 is 1.47 bits per heavy atom. The van der Waals surface area contributed by atoms with Crippen LogP contribution in [0.4, 0.5) is 0 Å². The van der Waals surface area contributed by atoms with E-state index in [2.05, 4.69) is 4.98 Å². The Labute approximate surface area is 194 Å². The SMILES string of the molecule is CC(=O)OC[C@@H]1O[C@@H](n2cc(I)c(=O)[nH]c2=O)[C@@H](OC(C)=O)[C@@H](OC(C)=O)[C@@H]1OC(C)=O. The van der Waals surface area contributed by atoms with E-state index in [0.29, 0.717) is 0 Å². The molecule has 1 saturated heterocycles. The predicted molar refractivity (Wildman–Crippen MR) is 111 cm³/mol. The number of ether oxygens (including phenoxy) is 5. The molecule has 13 nitrogen and oxygen atoms in total. The van der Waals surface area contributed by atoms with Crippen molar-refractivity contribution in [1.29, 1.82) is 0 Å². The molecule has 1 aliphatic heterocycles. The minimum Gasteiger partial charge on any atom is -0.463 e. The molecular weight excluding hydrogens is 547 g/mol. The third kappa shape index (κ3) is 6.38. The average Bonchev–Trinajstić information content (AvgIpc) is 2.65. The van der Waals surface area contributed by atoms with Gasteiger partial charge in [-0.15, -0.1) is 0 Å². The zero-order chi connectivity index (χ0) is 24.2. The molecule has 1 fully saturated rings. The number of aromatic amines is 1. The molecule has 5 atom stereocenters. The third-order valence-corrected chi connectivity index (χ3v) is 4.93. The van der Waals surface area contributed by atoms with E-state index in [1.54, 1.807) is 22.6 Å². The smallest absolute Gasteiger partial charge is 0.330 e. The fourth-order valence-electron chi connectivity index (χ4n) is 3.08. The van der Waals surface area contributed by atoms with Crippen molar-refractivity contribution in [1.82, 2.24) is 9.55 Å². The van der Waals surface area contributed by atoms with Crippen LogP contribution in [-0.4, -0.2) is 64.5 Å². The second kappa shape index (κ2) is 10.7. The van der Waals surface area contributed by atoms with Gasteiger partial charge >= 0.3 is 29.6 Å². The molecule has 14 heteroatoms. The summed E-state index contributed by atoms with van der Waals surface area (Å²) in [6.07, 6.45) is -5.75. The van der Waals surface area contributed by atoms with E-state index in [-0.39, 0.29) is 3.57 Å². The molecule has 1 N–H and O–H groups in total. The number of carbonyl (C=O) groups is 4. The Bertz CT molecular complexity index is 1020. The van der Waals surface area contributed by atoms with Crippen molar-refractivity contribution in [3.8, 4) is 0 Å². The number of esters is 4. The molecule has 0 aromatic carbocycles. The largest absolute Gasteiger partial charge is 0.463 e. The summed E-state index contributed by atoms with van der Waals surface area (Å²) in [5.41, 5.74) is -1.56. The monoisotopic (exact) mass is 568 g/mol. The van der Waals surface area contributed by atoms with Gasteiger partial charge in [0, 0.05) is 33.9 Å². The molecule has 1 aromatic heterocycles.